The number of pyridine rings is 1. The molecule has 0 aliphatic heterocycles. The number of aromatic nitrogens is 1. The lowest BCUT2D eigenvalue weighted by molar-refractivity contribution is 0.128. The average Bonchev–Trinajstić information content (AvgIpc) is 2.37. The molecule has 1 heterocycles. The van der Waals surface area contributed by atoms with Gasteiger partial charge in [0, 0.05) is 32.0 Å². The third-order valence-electron chi connectivity index (χ3n) is 2.59. The van der Waals surface area contributed by atoms with Crippen molar-refractivity contribution in [3.05, 3.63) is 23.9 Å². The number of hydrogen-bond acceptors (Lipinski definition) is 4. The molecule has 1 atom stereocenters. The molecule has 0 fully saturated rings. The van der Waals surface area contributed by atoms with Gasteiger partial charge < -0.3 is 15.4 Å². The van der Waals surface area contributed by atoms with E-state index >= 15 is 0 Å². The highest BCUT2D eigenvalue weighted by Gasteiger charge is 2.04. The summed E-state index contributed by atoms with van der Waals surface area (Å²) in [5, 5.41) is 6.70. The molecule has 96 valence electrons. The van der Waals surface area contributed by atoms with Gasteiger partial charge in [-0.05, 0) is 26.0 Å². The van der Waals surface area contributed by atoms with E-state index in [-0.39, 0.29) is 6.10 Å². The first-order valence-electron chi connectivity index (χ1n) is 6.19. The van der Waals surface area contributed by atoms with E-state index in [0.29, 0.717) is 0 Å². The molecule has 2 N–H and O–H groups in total. The maximum atomic E-state index is 5.20. The van der Waals surface area contributed by atoms with Gasteiger partial charge in [0.15, 0.2) is 0 Å². The third-order valence-corrected chi connectivity index (χ3v) is 2.59. The van der Waals surface area contributed by atoms with Gasteiger partial charge in [0.1, 0.15) is 5.82 Å². The van der Waals surface area contributed by atoms with Crippen LogP contribution in [0.15, 0.2) is 18.3 Å². The summed E-state index contributed by atoms with van der Waals surface area (Å²) < 4.78 is 5.20. The Balaban J connectivity index is 2.51. The number of nitrogens with one attached hydrogen (secondary N) is 2. The van der Waals surface area contributed by atoms with E-state index in [2.05, 4.69) is 28.6 Å². The first kappa shape index (κ1) is 13.9. The summed E-state index contributed by atoms with van der Waals surface area (Å²) in [6.07, 6.45) is 3.14. The second-order valence-corrected chi connectivity index (χ2v) is 4.12. The standard InChI is InChI=1S/C13H23N3O/c1-4-7-14-10-12-6-5-8-15-13(12)16-9-11(2)17-3/h5-6,8,11,14H,4,7,9-10H2,1-3H3,(H,15,16). The SMILES string of the molecule is CCCNCc1cccnc1NCC(C)OC. The van der Waals surface area contributed by atoms with E-state index in [4.69, 9.17) is 4.74 Å². The number of rotatable bonds is 8. The summed E-state index contributed by atoms with van der Waals surface area (Å²) in [5.74, 6) is 0.944. The minimum Gasteiger partial charge on any atom is -0.380 e. The first-order valence-corrected chi connectivity index (χ1v) is 6.19. The molecule has 0 amide bonds. The third kappa shape index (κ3) is 5.15. The Morgan fingerprint density at radius 3 is 3.00 bits per heavy atom. The monoisotopic (exact) mass is 237 g/mol. The maximum Gasteiger partial charge on any atom is 0.130 e. The largest absolute Gasteiger partial charge is 0.380 e. The fourth-order valence-corrected chi connectivity index (χ4v) is 1.46. The van der Waals surface area contributed by atoms with Crippen molar-refractivity contribution in [2.45, 2.75) is 32.9 Å². The van der Waals surface area contributed by atoms with E-state index in [0.717, 1.165) is 31.9 Å². The van der Waals surface area contributed by atoms with E-state index < -0.39 is 0 Å². The second-order valence-electron chi connectivity index (χ2n) is 4.12. The molecule has 0 aliphatic rings. The number of hydrogen-bond donors (Lipinski definition) is 2. The van der Waals surface area contributed by atoms with Crippen molar-refractivity contribution in [3.8, 4) is 0 Å². The van der Waals surface area contributed by atoms with E-state index in [9.17, 15) is 0 Å². The lowest BCUT2D eigenvalue weighted by atomic mass is 10.2. The van der Waals surface area contributed by atoms with Crippen LogP contribution in [0, 0.1) is 0 Å². The van der Waals surface area contributed by atoms with Crippen LogP contribution >= 0.6 is 0 Å². The molecule has 4 nitrogen and oxygen atoms in total. The van der Waals surface area contributed by atoms with Gasteiger partial charge in [-0.1, -0.05) is 13.0 Å². The van der Waals surface area contributed by atoms with E-state index in [1.807, 2.05) is 19.2 Å². The van der Waals surface area contributed by atoms with Gasteiger partial charge in [-0.3, -0.25) is 0 Å². The zero-order chi connectivity index (χ0) is 12.5. The molecule has 0 spiro atoms. The lowest BCUT2D eigenvalue weighted by Gasteiger charge is -2.14. The molecule has 0 radical (unpaired) electrons. The van der Waals surface area contributed by atoms with Crippen LogP contribution in [0.5, 0.6) is 0 Å². The van der Waals surface area contributed by atoms with Crippen molar-refractivity contribution in [1.82, 2.24) is 10.3 Å². The molecule has 1 aromatic heterocycles. The van der Waals surface area contributed by atoms with Gasteiger partial charge in [-0.15, -0.1) is 0 Å². The number of ether oxygens (including phenoxy) is 1. The number of nitrogens with zero attached hydrogens (tertiary/aromatic N) is 1. The Labute approximate surface area is 104 Å². The number of methoxy groups -OCH3 is 1. The predicted molar refractivity (Wildman–Crippen MR) is 71.2 cm³/mol. The lowest BCUT2D eigenvalue weighted by Crippen LogP contribution is -2.21. The molecule has 0 aliphatic carbocycles. The molecule has 0 saturated heterocycles. The van der Waals surface area contributed by atoms with Crippen molar-refractivity contribution in [1.29, 1.82) is 0 Å². The molecular weight excluding hydrogens is 214 g/mol. The quantitative estimate of drug-likeness (QED) is 0.679. The van der Waals surface area contributed by atoms with Crippen LogP contribution in [-0.2, 0) is 11.3 Å². The summed E-state index contributed by atoms with van der Waals surface area (Å²) >= 11 is 0. The van der Waals surface area contributed by atoms with Crippen molar-refractivity contribution >= 4 is 5.82 Å². The van der Waals surface area contributed by atoms with Crippen molar-refractivity contribution in [3.63, 3.8) is 0 Å². The Kier molecular flexibility index (Phi) is 6.58. The summed E-state index contributed by atoms with van der Waals surface area (Å²) in [6.45, 7) is 6.85. The van der Waals surface area contributed by atoms with Crippen LogP contribution in [0.25, 0.3) is 0 Å². The van der Waals surface area contributed by atoms with Crippen molar-refractivity contribution in [2.75, 3.05) is 25.5 Å². The highest BCUT2D eigenvalue weighted by Crippen LogP contribution is 2.11. The fourth-order valence-electron chi connectivity index (χ4n) is 1.46. The van der Waals surface area contributed by atoms with E-state index in [1.165, 1.54) is 5.56 Å². The zero-order valence-electron chi connectivity index (χ0n) is 11.0. The van der Waals surface area contributed by atoms with Crippen LogP contribution in [0.4, 0.5) is 5.82 Å². The molecule has 0 saturated carbocycles. The molecule has 4 heteroatoms. The van der Waals surface area contributed by atoms with Crippen molar-refractivity contribution in [2.24, 2.45) is 0 Å². The van der Waals surface area contributed by atoms with Gasteiger partial charge in [0.25, 0.3) is 0 Å². The van der Waals surface area contributed by atoms with Crippen LogP contribution < -0.4 is 10.6 Å². The van der Waals surface area contributed by atoms with Gasteiger partial charge in [-0.25, -0.2) is 4.98 Å². The van der Waals surface area contributed by atoms with Gasteiger partial charge in [0.05, 0.1) is 6.10 Å². The minimum absolute atomic E-state index is 0.188. The maximum absolute atomic E-state index is 5.20. The zero-order valence-corrected chi connectivity index (χ0v) is 11.0. The summed E-state index contributed by atoms with van der Waals surface area (Å²) in [6, 6.07) is 4.06. The summed E-state index contributed by atoms with van der Waals surface area (Å²) in [4.78, 5) is 4.36. The first-order chi connectivity index (χ1) is 8.27. The van der Waals surface area contributed by atoms with Crippen LogP contribution in [0.1, 0.15) is 25.8 Å². The summed E-state index contributed by atoms with van der Waals surface area (Å²) in [5.41, 5.74) is 1.20. The molecule has 1 aromatic rings. The van der Waals surface area contributed by atoms with Gasteiger partial charge in [-0.2, -0.15) is 0 Å². The Hall–Kier alpha value is -1.13. The van der Waals surface area contributed by atoms with E-state index in [1.54, 1.807) is 7.11 Å². The highest BCUT2D eigenvalue weighted by atomic mass is 16.5. The number of anilines is 1. The minimum atomic E-state index is 0.188. The molecule has 0 bridgehead atoms. The van der Waals surface area contributed by atoms with Gasteiger partial charge >= 0.3 is 0 Å². The van der Waals surface area contributed by atoms with Crippen LogP contribution in [-0.4, -0.2) is 31.3 Å². The highest BCUT2D eigenvalue weighted by molar-refractivity contribution is 5.43. The Morgan fingerprint density at radius 1 is 1.47 bits per heavy atom. The Morgan fingerprint density at radius 2 is 2.29 bits per heavy atom. The topological polar surface area (TPSA) is 46.2 Å². The molecule has 1 rings (SSSR count). The normalized spacial score (nSPS) is 12.4. The average molecular weight is 237 g/mol. The smallest absolute Gasteiger partial charge is 0.130 e. The summed E-state index contributed by atoms with van der Waals surface area (Å²) in [7, 11) is 1.72. The molecular formula is C13H23N3O. The van der Waals surface area contributed by atoms with Gasteiger partial charge in [0.2, 0.25) is 0 Å². The predicted octanol–water partition coefficient (Wildman–Crippen LogP) is 2.03. The fraction of sp³-hybridized carbons (Fsp3) is 0.615. The molecule has 17 heavy (non-hydrogen) atoms. The second kappa shape index (κ2) is 8.03. The Bertz CT molecular complexity index is 317. The molecule has 1 unspecified atom stereocenters. The van der Waals surface area contributed by atoms with Crippen LogP contribution in [0.3, 0.4) is 0 Å². The van der Waals surface area contributed by atoms with Crippen LogP contribution in [0.2, 0.25) is 0 Å². The van der Waals surface area contributed by atoms with Crippen molar-refractivity contribution < 1.29 is 4.74 Å². The molecule has 0 aromatic carbocycles.